The topological polar surface area (TPSA) is 43.8 Å². The first-order valence-electron chi connectivity index (χ1n) is 4.99. The van der Waals surface area contributed by atoms with Gasteiger partial charge >= 0.3 is 0 Å². The molecule has 0 saturated carbocycles. The van der Waals surface area contributed by atoms with E-state index in [1.54, 1.807) is 0 Å². The Bertz CT molecular complexity index is 240. The zero-order chi connectivity index (χ0) is 9.68. The van der Waals surface area contributed by atoms with E-state index in [1.165, 1.54) is 18.4 Å². The summed E-state index contributed by atoms with van der Waals surface area (Å²) in [6, 6.07) is 0.226. The number of aromatic nitrogens is 2. The molecule has 1 aromatic rings. The van der Waals surface area contributed by atoms with E-state index >= 15 is 0 Å². The van der Waals surface area contributed by atoms with Crippen molar-refractivity contribution in [1.29, 1.82) is 0 Å². The third kappa shape index (κ3) is 3.59. The van der Waals surface area contributed by atoms with Gasteiger partial charge in [0, 0.05) is 18.8 Å². The zero-order valence-corrected chi connectivity index (χ0v) is 8.53. The lowest BCUT2D eigenvalue weighted by Gasteiger charge is -2.00. The third-order valence-corrected chi connectivity index (χ3v) is 1.99. The molecular weight excluding hydrogens is 162 g/mol. The standard InChI is InChI=1S/C10H19N3/c1-3-4-5-13-8-10(7-12-13)6-9(2)11/h7-9H,3-6,11H2,1-2H3. The summed E-state index contributed by atoms with van der Waals surface area (Å²) in [4.78, 5) is 0. The first kappa shape index (κ1) is 10.3. The summed E-state index contributed by atoms with van der Waals surface area (Å²) in [6.07, 6.45) is 7.34. The van der Waals surface area contributed by atoms with Crippen molar-refractivity contribution in [3.8, 4) is 0 Å². The van der Waals surface area contributed by atoms with Crippen molar-refractivity contribution in [2.24, 2.45) is 5.73 Å². The van der Waals surface area contributed by atoms with Crippen LogP contribution in [0.2, 0.25) is 0 Å². The number of nitrogens with two attached hydrogens (primary N) is 1. The minimum absolute atomic E-state index is 0.226. The molecule has 1 aromatic heterocycles. The molecule has 3 heteroatoms. The van der Waals surface area contributed by atoms with Crippen LogP contribution in [0.5, 0.6) is 0 Å². The fraction of sp³-hybridized carbons (Fsp3) is 0.700. The first-order chi connectivity index (χ1) is 6.22. The molecule has 1 unspecified atom stereocenters. The Labute approximate surface area is 79.9 Å². The van der Waals surface area contributed by atoms with Crippen molar-refractivity contribution in [3.05, 3.63) is 18.0 Å². The van der Waals surface area contributed by atoms with Crippen LogP contribution in [0.1, 0.15) is 32.3 Å². The molecule has 3 nitrogen and oxygen atoms in total. The van der Waals surface area contributed by atoms with E-state index in [4.69, 9.17) is 5.73 Å². The molecule has 1 rings (SSSR count). The number of aryl methyl sites for hydroxylation is 1. The molecule has 74 valence electrons. The predicted octanol–water partition coefficient (Wildman–Crippen LogP) is 1.57. The molecule has 1 heterocycles. The van der Waals surface area contributed by atoms with E-state index in [2.05, 4.69) is 18.2 Å². The predicted molar refractivity (Wildman–Crippen MR) is 54.5 cm³/mol. The van der Waals surface area contributed by atoms with E-state index in [9.17, 15) is 0 Å². The molecule has 0 fully saturated rings. The summed E-state index contributed by atoms with van der Waals surface area (Å²) in [7, 11) is 0. The van der Waals surface area contributed by atoms with E-state index in [-0.39, 0.29) is 6.04 Å². The number of rotatable bonds is 5. The van der Waals surface area contributed by atoms with Crippen molar-refractivity contribution in [1.82, 2.24) is 9.78 Å². The van der Waals surface area contributed by atoms with E-state index in [0.717, 1.165) is 13.0 Å². The highest BCUT2D eigenvalue weighted by Gasteiger charge is 2.00. The minimum atomic E-state index is 0.226. The van der Waals surface area contributed by atoms with Gasteiger partial charge in [0.1, 0.15) is 0 Å². The Kier molecular flexibility index (Phi) is 3.96. The van der Waals surface area contributed by atoms with Crippen molar-refractivity contribution in [2.75, 3.05) is 0 Å². The van der Waals surface area contributed by atoms with Gasteiger partial charge in [-0.25, -0.2) is 0 Å². The van der Waals surface area contributed by atoms with Crippen LogP contribution in [0.3, 0.4) is 0 Å². The molecule has 1 atom stereocenters. The lowest BCUT2D eigenvalue weighted by Crippen LogP contribution is -2.17. The smallest absolute Gasteiger partial charge is 0.0522 e. The quantitative estimate of drug-likeness (QED) is 0.749. The summed E-state index contributed by atoms with van der Waals surface area (Å²) in [5, 5.41) is 4.27. The summed E-state index contributed by atoms with van der Waals surface area (Å²) in [6.45, 7) is 5.23. The normalized spacial score (nSPS) is 13.2. The van der Waals surface area contributed by atoms with Crippen molar-refractivity contribution in [2.45, 2.75) is 45.7 Å². The lowest BCUT2D eigenvalue weighted by atomic mass is 10.1. The third-order valence-electron chi connectivity index (χ3n) is 1.99. The zero-order valence-electron chi connectivity index (χ0n) is 8.53. The van der Waals surface area contributed by atoms with Gasteiger partial charge in [0.05, 0.1) is 6.20 Å². The molecule has 0 aliphatic heterocycles. The molecular formula is C10H19N3. The SMILES string of the molecule is CCCCn1cc(CC(C)N)cn1. The largest absolute Gasteiger partial charge is 0.328 e. The Morgan fingerprint density at radius 1 is 1.62 bits per heavy atom. The summed E-state index contributed by atoms with van der Waals surface area (Å²) >= 11 is 0. The van der Waals surface area contributed by atoms with Crippen LogP contribution in [0.25, 0.3) is 0 Å². The van der Waals surface area contributed by atoms with Gasteiger partial charge in [-0.05, 0) is 25.3 Å². The fourth-order valence-corrected chi connectivity index (χ4v) is 1.33. The van der Waals surface area contributed by atoms with Gasteiger partial charge in [-0.3, -0.25) is 4.68 Å². The van der Waals surface area contributed by atoms with Crippen LogP contribution in [0, 0.1) is 0 Å². The molecule has 0 aliphatic rings. The van der Waals surface area contributed by atoms with Crippen LogP contribution >= 0.6 is 0 Å². The molecule has 0 saturated heterocycles. The average molecular weight is 181 g/mol. The van der Waals surface area contributed by atoms with Gasteiger partial charge in [0.25, 0.3) is 0 Å². The second-order valence-electron chi connectivity index (χ2n) is 3.65. The molecule has 0 radical (unpaired) electrons. The summed E-state index contributed by atoms with van der Waals surface area (Å²) in [5.74, 6) is 0. The van der Waals surface area contributed by atoms with E-state index < -0.39 is 0 Å². The summed E-state index contributed by atoms with van der Waals surface area (Å²) in [5.41, 5.74) is 6.94. The number of hydrogen-bond donors (Lipinski definition) is 1. The molecule has 0 bridgehead atoms. The van der Waals surface area contributed by atoms with Gasteiger partial charge in [-0.2, -0.15) is 5.10 Å². The van der Waals surface area contributed by atoms with Gasteiger partial charge in [0.2, 0.25) is 0 Å². The van der Waals surface area contributed by atoms with Crippen molar-refractivity contribution in [3.63, 3.8) is 0 Å². The fourth-order valence-electron chi connectivity index (χ4n) is 1.33. The van der Waals surface area contributed by atoms with E-state index in [1.807, 2.05) is 17.8 Å². The van der Waals surface area contributed by atoms with Crippen LogP contribution in [0.15, 0.2) is 12.4 Å². The molecule has 0 aliphatic carbocycles. The van der Waals surface area contributed by atoms with Crippen LogP contribution < -0.4 is 5.73 Å². The maximum atomic E-state index is 5.70. The second-order valence-corrected chi connectivity index (χ2v) is 3.65. The summed E-state index contributed by atoms with van der Waals surface area (Å²) < 4.78 is 2.00. The monoisotopic (exact) mass is 181 g/mol. The van der Waals surface area contributed by atoms with Gasteiger partial charge in [0.15, 0.2) is 0 Å². The van der Waals surface area contributed by atoms with Gasteiger partial charge in [-0.15, -0.1) is 0 Å². The maximum absolute atomic E-state index is 5.70. The maximum Gasteiger partial charge on any atom is 0.0522 e. The highest BCUT2D eigenvalue weighted by Crippen LogP contribution is 2.02. The average Bonchev–Trinajstić information content (AvgIpc) is 2.48. The minimum Gasteiger partial charge on any atom is -0.328 e. The molecule has 13 heavy (non-hydrogen) atoms. The highest BCUT2D eigenvalue weighted by molar-refractivity contribution is 5.05. The Hall–Kier alpha value is -0.830. The van der Waals surface area contributed by atoms with Crippen LogP contribution in [0.4, 0.5) is 0 Å². The van der Waals surface area contributed by atoms with Crippen molar-refractivity contribution >= 4 is 0 Å². The first-order valence-corrected chi connectivity index (χ1v) is 4.99. The number of hydrogen-bond acceptors (Lipinski definition) is 2. The second kappa shape index (κ2) is 5.02. The number of nitrogens with zero attached hydrogens (tertiary/aromatic N) is 2. The molecule has 0 aromatic carbocycles. The highest BCUT2D eigenvalue weighted by atomic mass is 15.3. The Morgan fingerprint density at radius 3 is 3.00 bits per heavy atom. The van der Waals surface area contributed by atoms with Gasteiger partial charge < -0.3 is 5.73 Å². The Morgan fingerprint density at radius 2 is 2.38 bits per heavy atom. The molecule has 2 N–H and O–H groups in total. The van der Waals surface area contributed by atoms with Gasteiger partial charge in [-0.1, -0.05) is 13.3 Å². The Balaban J connectivity index is 2.44. The number of unbranched alkanes of at least 4 members (excludes halogenated alkanes) is 1. The molecule has 0 amide bonds. The van der Waals surface area contributed by atoms with Crippen molar-refractivity contribution < 1.29 is 0 Å². The molecule has 0 spiro atoms. The van der Waals surface area contributed by atoms with Crippen LogP contribution in [-0.2, 0) is 13.0 Å². The lowest BCUT2D eigenvalue weighted by molar-refractivity contribution is 0.571. The van der Waals surface area contributed by atoms with E-state index in [0.29, 0.717) is 0 Å². The van der Waals surface area contributed by atoms with Crippen LogP contribution in [-0.4, -0.2) is 15.8 Å².